The maximum absolute atomic E-state index is 13.4. The second kappa shape index (κ2) is 7.72. The molecule has 32 heavy (non-hydrogen) atoms. The Kier molecular flexibility index (Phi) is 5.04. The molecule has 0 aliphatic heterocycles. The lowest BCUT2D eigenvalue weighted by Gasteiger charge is -2.14. The molecule has 0 radical (unpaired) electrons. The van der Waals surface area contributed by atoms with E-state index in [-0.39, 0.29) is 22.6 Å². The zero-order valence-electron chi connectivity index (χ0n) is 16.0. The molecule has 3 N–H and O–H groups in total. The molecule has 0 aliphatic rings. The van der Waals surface area contributed by atoms with Crippen LogP contribution in [0.25, 0.3) is 22.2 Å². The highest BCUT2D eigenvalue weighted by atomic mass is 19.4. The first kappa shape index (κ1) is 20.9. The van der Waals surface area contributed by atoms with E-state index in [1.807, 2.05) is 0 Å². The van der Waals surface area contributed by atoms with Gasteiger partial charge < -0.3 is 20.7 Å². The number of carbonyl (C=O) groups excluding carboxylic acids is 1. The molecular weight excluding hydrogens is 433 g/mol. The van der Waals surface area contributed by atoms with Gasteiger partial charge in [0.1, 0.15) is 23.6 Å². The molecule has 0 saturated heterocycles. The van der Waals surface area contributed by atoms with Crippen molar-refractivity contribution in [1.29, 1.82) is 0 Å². The summed E-state index contributed by atoms with van der Waals surface area (Å²) >= 11 is 0. The lowest BCUT2D eigenvalue weighted by Crippen LogP contribution is -2.27. The fourth-order valence-electron chi connectivity index (χ4n) is 3.07. The number of pyridine rings is 1. The van der Waals surface area contributed by atoms with Gasteiger partial charge >= 0.3 is 6.18 Å². The molecule has 9 nitrogen and oxygen atoms in total. The van der Waals surface area contributed by atoms with Gasteiger partial charge in [-0.25, -0.2) is 0 Å². The van der Waals surface area contributed by atoms with E-state index in [4.69, 9.17) is 10.5 Å². The third-order valence-corrected chi connectivity index (χ3v) is 4.61. The topological polar surface area (TPSA) is 138 Å². The van der Waals surface area contributed by atoms with Crippen molar-refractivity contribution < 1.29 is 32.2 Å². The number of hydrogen-bond acceptors (Lipinski definition) is 6. The highest BCUT2D eigenvalue weighted by molar-refractivity contribution is 5.94. The zero-order chi connectivity index (χ0) is 23.0. The number of primary amides is 1. The van der Waals surface area contributed by atoms with Crippen LogP contribution in [-0.4, -0.2) is 16.0 Å². The number of aromatic nitrogens is 3. The fraction of sp³-hybridized carbons (Fsp3) is 0.100. The number of fused-ring (bicyclic) bond motifs is 1. The Morgan fingerprint density at radius 2 is 1.91 bits per heavy atom. The van der Waals surface area contributed by atoms with Crippen molar-refractivity contribution in [2.75, 3.05) is 0 Å². The number of nitrogens with one attached hydrogen (secondary N) is 1. The molecule has 12 heteroatoms. The van der Waals surface area contributed by atoms with E-state index in [2.05, 4.69) is 9.79 Å². The van der Waals surface area contributed by atoms with Gasteiger partial charge in [0, 0.05) is 16.8 Å². The molecule has 2 heterocycles. The van der Waals surface area contributed by atoms with Crippen molar-refractivity contribution in [3.8, 4) is 16.9 Å². The van der Waals surface area contributed by atoms with Crippen LogP contribution in [0.2, 0.25) is 0 Å². The Bertz CT molecular complexity index is 1380. The van der Waals surface area contributed by atoms with E-state index in [9.17, 15) is 28.0 Å². The predicted octanol–water partition coefficient (Wildman–Crippen LogP) is 2.51. The molecule has 0 bridgehead atoms. The zero-order valence-corrected chi connectivity index (χ0v) is 16.0. The summed E-state index contributed by atoms with van der Waals surface area (Å²) in [5.74, 6) is -0.812. The summed E-state index contributed by atoms with van der Waals surface area (Å²) in [6.45, 7) is 0.0682. The van der Waals surface area contributed by atoms with Crippen molar-refractivity contribution >= 4 is 16.9 Å². The Labute approximate surface area is 176 Å². The van der Waals surface area contributed by atoms with E-state index in [1.54, 1.807) is 17.1 Å². The SMILES string of the molecule is NC(=O)c1cc(-c2ccc(OCc3ccc4no[n+]([O-])c4c3)cc2)c(C(F)(F)F)[nH]c1=O. The van der Waals surface area contributed by atoms with Gasteiger partial charge in [0.2, 0.25) is 11.0 Å². The monoisotopic (exact) mass is 446 g/mol. The summed E-state index contributed by atoms with van der Waals surface area (Å²) in [5, 5.41) is 15.0. The number of benzene rings is 2. The third-order valence-electron chi connectivity index (χ3n) is 4.61. The van der Waals surface area contributed by atoms with E-state index >= 15 is 0 Å². The van der Waals surface area contributed by atoms with Crippen LogP contribution >= 0.6 is 0 Å². The molecule has 164 valence electrons. The summed E-state index contributed by atoms with van der Waals surface area (Å²) in [7, 11) is 0. The quantitative estimate of drug-likeness (QED) is 0.452. The van der Waals surface area contributed by atoms with Crippen LogP contribution in [0, 0.1) is 5.21 Å². The Morgan fingerprint density at radius 3 is 2.56 bits per heavy atom. The van der Waals surface area contributed by atoms with Crippen molar-refractivity contribution in [2.45, 2.75) is 12.8 Å². The van der Waals surface area contributed by atoms with Crippen LogP contribution in [0.4, 0.5) is 13.2 Å². The molecule has 1 amide bonds. The smallest absolute Gasteiger partial charge is 0.431 e. The van der Waals surface area contributed by atoms with Gasteiger partial charge in [-0.15, -0.1) is 0 Å². The Hall–Kier alpha value is -4.35. The molecule has 2 aromatic carbocycles. The second-order valence-electron chi connectivity index (χ2n) is 6.73. The third kappa shape index (κ3) is 3.97. The lowest BCUT2D eigenvalue weighted by molar-refractivity contribution is -0.782. The normalized spacial score (nSPS) is 11.6. The maximum atomic E-state index is 13.4. The molecule has 0 spiro atoms. The number of rotatable bonds is 5. The number of nitrogens with two attached hydrogens (primary N) is 1. The summed E-state index contributed by atoms with van der Waals surface area (Å²) in [6, 6.07) is 11.2. The molecular formula is C20H13F3N4O5. The minimum absolute atomic E-state index is 0.0682. The average Bonchev–Trinajstić information content (AvgIpc) is 3.12. The first-order valence-corrected chi connectivity index (χ1v) is 8.99. The van der Waals surface area contributed by atoms with Crippen LogP contribution in [0.1, 0.15) is 21.6 Å². The molecule has 4 aromatic rings. The highest BCUT2D eigenvalue weighted by Crippen LogP contribution is 2.35. The van der Waals surface area contributed by atoms with Gasteiger partial charge in [-0.2, -0.15) is 13.2 Å². The first-order valence-electron chi connectivity index (χ1n) is 8.99. The van der Waals surface area contributed by atoms with Gasteiger partial charge in [-0.1, -0.05) is 18.2 Å². The van der Waals surface area contributed by atoms with Gasteiger partial charge in [0.05, 0.1) is 0 Å². The number of halogens is 3. The summed E-state index contributed by atoms with van der Waals surface area (Å²) < 4.78 is 50.3. The lowest BCUT2D eigenvalue weighted by atomic mass is 10.0. The summed E-state index contributed by atoms with van der Waals surface area (Å²) in [6.07, 6.45) is -4.86. The van der Waals surface area contributed by atoms with Gasteiger partial charge in [0.15, 0.2) is 0 Å². The number of hydrogen-bond donors (Lipinski definition) is 2. The molecule has 2 aromatic heterocycles. The number of H-pyrrole nitrogens is 1. The van der Waals surface area contributed by atoms with Crippen molar-refractivity contribution in [1.82, 2.24) is 10.1 Å². The predicted molar refractivity (Wildman–Crippen MR) is 103 cm³/mol. The second-order valence-corrected chi connectivity index (χ2v) is 6.73. The number of aromatic amines is 1. The average molecular weight is 446 g/mol. The van der Waals surface area contributed by atoms with Crippen LogP contribution in [0.5, 0.6) is 5.75 Å². The van der Waals surface area contributed by atoms with Gasteiger partial charge in [-0.3, -0.25) is 14.2 Å². The van der Waals surface area contributed by atoms with E-state index < -0.39 is 34.5 Å². The first-order chi connectivity index (χ1) is 15.1. The number of ether oxygens (including phenoxy) is 1. The highest BCUT2D eigenvalue weighted by Gasteiger charge is 2.36. The summed E-state index contributed by atoms with van der Waals surface area (Å²) in [4.78, 5) is 25.1. The Balaban J connectivity index is 1.60. The van der Waals surface area contributed by atoms with E-state index in [1.165, 1.54) is 30.3 Å². The summed E-state index contributed by atoms with van der Waals surface area (Å²) in [5.41, 5.74) is 2.90. The van der Waals surface area contributed by atoms with Crippen molar-refractivity contribution in [3.05, 3.63) is 80.9 Å². The molecule has 0 atom stereocenters. The van der Waals surface area contributed by atoms with Crippen molar-refractivity contribution in [3.63, 3.8) is 0 Å². The molecule has 0 unspecified atom stereocenters. The number of carbonyl (C=O) groups is 1. The number of nitrogens with zero attached hydrogens (tertiary/aromatic N) is 2. The number of alkyl halides is 3. The van der Waals surface area contributed by atoms with Crippen LogP contribution in [0.3, 0.4) is 0 Å². The maximum Gasteiger partial charge on any atom is 0.431 e. The molecule has 4 rings (SSSR count). The van der Waals surface area contributed by atoms with Crippen LogP contribution in [-0.2, 0) is 12.8 Å². The Morgan fingerprint density at radius 1 is 1.19 bits per heavy atom. The van der Waals surface area contributed by atoms with E-state index in [0.717, 1.165) is 6.07 Å². The standard InChI is InChI=1S/C20H13F3N4O5/c21-20(22,23)17-13(8-14(18(24)28)19(29)25-17)11-2-4-12(5-3-11)31-9-10-1-6-15-16(7-10)27(30)32-26-15/h1-8H,9H2,(H2,24,28)(H,25,29). The van der Waals surface area contributed by atoms with Crippen LogP contribution < -0.4 is 20.9 Å². The van der Waals surface area contributed by atoms with Gasteiger partial charge in [0.25, 0.3) is 11.5 Å². The minimum Gasteiger partial charge on any atom is -0.489 e. The fourth-order valence-corrected chi connectivity index (χ4v) is 3.07. The number of amides is 1. The van der Waals surface area contributed by atoms with Crippen LogP contribution in [0.15, 0.2) is 58.0 Å². The molecule has 0 saturated carbocycles. The molecule has 0 aliphatic carbocycles. The largest absolute Gasteiger partial charge is 0.489 e. The van der Waals surface area contributed by atoms with Crippen molar-refractivity contribution in [2.24, 2.45) is 5.73 Å². The van der Waals surface area contributed by atoms with E-state index in [0.29, 0.717) is 16.8 Å². The molecule has 0 fully saturated rings. The minimum atomic E-state index is -4.86. The van der Waals surface area contributed by atoms with Gasteiger partial charge in [-0.05, 0) is 40.3 Å².